The first-order valence-electron chi connectivity index (χ1n) is 21.2. The molecular weight excluding hydrogens is 661 g/mol. The molecular formula is C47H76O6. The van der Waals surface area contributed by atoms with Crippen molar-refractivity contribution in [3.63, 3.8) is 0 Å². The summed E-state index contributed by atoms with van der Waals surface area (Å²) in [4.78, 5) is 37.5. The molecule has 0 aliphatic carbocycles. The fourth-order valence-corrected chi connectivity index (χ4v) is 5.35. The molecule has 0 fully saturated rings. The molecule has 0 aliphatic rings. The van der Waals surface area contributed by atoms with Crippen LogP contribution in [0.2, 0.25) is 0 Å². The molecule has 0 aromatic rings. The lowest BCUT2D eigenvalue weighted by molar-refractivity contribution is -0.166. The SMILES string of the molecule is CC\C=C/C=C\C=C/C=C\C=C/CCCC(=O)OCC(COC(=O)CCCCCCCCCCC)OC(=O)CC/C=C\C/C=C\CCCCCCCC. The second kappa shape index (κ2) is 41.3. The number of rotatable bonds is 36. The van der Waals surface area contributed by atoms with E-state index in [1.807, 2.05) is 60.8 Å². The lowest BCUT2D eigenvalue weighted by atomic mass is 10.1. The summed E-state index contributed by atoms with van der Waals surface area (Å²) >= 11 is 0. The molecule has 53 heavy (non-hydrogen) atoms. The third kappa shape index (κ3) is 39.6. The number of esters is 3. The Morgan fingerprint density at radius 2 is 0.868 bits per heavy atom. The molecule has 0 saturated carbocycles. The van der Waals surface area contributed by atoms with Crippen LogP contribution in [0.25, 0.3) is 0 Å². The summed E-state index contributed by atoms with van der Waals surface area (Å²) in [6.45, 7) is 6.31. The third-order valence-corrected chi connectivity index (χ3v) is 8.53. The van der Waals surface area contributed by atoms with Crippen LogP contribution in [-0.4, -0.2) is 37.2 Å². The van der Waals surface area contributed by atoms with Crippen LogP contribution in [0.3, 0.4) is 0 Å². The molecule has 0 rings (SSSR count). The van der Waals surface area contributed by atoms with Crippen molar-refractivity contribution < 1.29 is 28.6 Å². The fourth-order valence-electron chi connectivity index (χ4n) is 5.35. The summed E-state index contributed by atoms with van der Waals surface area (Å²) in [7, 11) is 0. The van der Waals surface area contributed by atoms with Gasteiger partial charge in [-0.25, -0.2) is 0 Å². The Balaban J connectivity index is 4.59. The minimum atomic E-state index is -0.831. The van der Waals surface area contributed by atoms with E-state index in [0.717, 1.165) is 44.9 Å². The molecule has 0 aliphatic heterocycles. The maximum absolute atomic E-state index is 12.6. The van der Waals surface area contributed by atoms with Crippen LogP contribution in [0.5, 0.6) is 0 Å². The molecule has 0 bridgehead atoms. The highest BCUT2D eigenvalue weighted by atomic mass is 16.6. The van der Waals surface area contributed by atoms with Crippen molar-refractivity contribution >= 4 is 17.9 Å². The molecule has 0 aromatic carbocycles. The van der Waals surface area contributed by atoms with Gasteiger partial charge in [0.2, 0.25) is 0 Å². The number of carbonyl (C=O) groups excluding carboxylic acids is 3. The Kier molecular flexibility index (Phi) is 38.7. The second-order valence-electron chi connectivity index (χ2n) is 13.6. The van der Waals surface area contributed by atoms with Crippen molar-refractivity contribution in [3.8, 4) is 0 Å². The number of unbranched alkanes of at least 4 members (excludes halogenated alkanes) is 15. The lowest BCUT2D eigenvalue weighted by Gasteiger charge is -2.18. The van der Waals surface area contributed by atoms with E-state index in [4.69, 9.17) is 14.2 Å². The highest BCUT2D eigenvalue weighted by Crippen LogP contribution is 2.12. The highest BCUT2D eigenvalue weighted by molar-refractivity contribution is 5.71. The average molecular weight is 737 g/mol. The van der Waals surface area contributed by atoms with Crippen molar-refractivity contribution in [1.29, 1.82) is 0 Å². The minimum Gasteiger partial charge on any atom is -0.462 e. The summed E-state index contributed by atoms with van der Waals surface area (Å²) < 4.78 is 16.5. The van der Waals surface area contributed by atoms with E-state index >= 15 is 0 Å². The van der Waals surface area contributed by atoms with Crippen LogP contribution in [-0.2, 0) is 28.6 Å². The summed E-state index contributed by atoms with van der Waals surface area (Å²) in [6, 6.07) is 0. The van der Waals surface area contributed by atoms with Crippen molar-refractivity contribution in [2.45, 2.75) is 181 Å². The molecule has 1 unspecified atom stereocenters. The number of carbonyl (C=O) groups is 3. The van der Waals surface area contributed by atoms with Crippen LogP contribution < -0.4 is 0 Å². The van der Waals surface area contributed by atoms with E-state index < -0.39 is 12.1 Å². The Morgan fingerprint density at radius 3 is 1.43 bits per heavy atom. The average Bonchev–Trinajstić information content (AvgIpc) is 3.15. The molecule has 0 radical (unpaired) electrons. The van der Waals surface area contributed by atoms with Crippen LogP contribution in [0, 0.1) is 0 Å². The Labute approximate surface area is 325 Å². The van der Waals surface area contributed by atoms with Gasteiger partial charge in [0.25, 0.3) is 0 Å². The summed E-state index contributed by atoms with van der Waals surface area (Å²) in [5.74, 6) is -1.08. The molecule has 6 nitrogen and oxygen atoms in total. The fraction of sp³-hybridized carbons (Fsp3) is 0.638. The highest BCUT2D eigenvalue weighted by Gasteiger charge is 2.19. The van der Waals surface area contributed by atoms with Gasteiger partial charge in [0.15, 0.2) is 6.10 Å². The molecule has 0 N–H and O–H groups in total. The van der Waals surface area contributed by atoms with Crippen molar-refractivity contribution in [3.05, 3.63) is 85.1 Å². The molecule has 1 atom stereocenters. The Hall–Kier alpha value is -3.41. The molecule has 0 spiro atoms. The predicted molar refractivity (Wildman–Crippen MR) is 224 cm³/mol. The van der Waals surface area contributed by atoms with Crippen molar-refractivity contribution in [2.24, 2.45) is 0 Å². The van der Waals surface area contributed by atoms with Gasteiger partial charge >= 0.3 is 17.9 Å². The van der Waals surface area contributed by atoms with Gasteiger partial charge < -0.3 is 14.2 Å². The van der Waals surface area contributed by atoms with Gasteiger partial charge in [-0.05, 0) is 51.4 Å². The Bertz CT molecular complexity index is 1080. The van der Waals surface area contributed by atoms with Gasteiger partial charge in [-0.1, -0.05) is 189 Å². The zero-order chi connectivity index (χ0) is 38.7. The van der Waals surface area contributed by atoms with E-state index in [-0.39, 0.29) is 38.0 Å². The maximum Gasteiger partial charge on any atom is 0.306 e. The van der Waals surface area contributed by atoms with Gasteiger partial charge in [0.1, 0.15) is 13.2 Å². The molecule has 0 heterocycles. The molecule has 0 aromatic heterocycles. The lowest BCUT2D eigenvalue weighted by Crippen LogP contribution is -2.30. The van der Waals surface area contributed by atoms with Crippen molar-refractivity contribution in [1.82, 2.24) is 0 Å². The quantitative estimate of drug-likeness (QED) is 0.0209. The molecule has 6 heteroatoms. The molecule has 0 amide bonds. The standard InChI is InChI=1S/C47H76O6/c1-4-7-10-13-16-19-21-23-25-28-31-34-37-40-46(49)52-43-44(42-51-45(48)39-36-33-30-27-18-15-12-9-6-3)53-47(50)41-38-35-32-29-26-24-22-20-17-14-11-8-5-2/h7,10,13,16,19,21,23-26,28,31-32,35,44H,4-6,8-9,11-12,14-15,17-18,20,22,27,29-30,33-34,36-43H2,1-3H3/b10-7-,16-13-,21-19-,25-23-,26-24-,31-28-,35-32-. The number of hydrogen-bond donors (Lipinski definition) is 0. The van der Waals surface area contributed by atoms with Gasteiger partial charge in [0.05, 0.1) is 0 Å². The van der Waals surface area contributed by atoms with Crippen LogP contribution in [0.4, 0.5) is 0 Å². The predicted octanol–water partition coefficient (Wildman–Crippen LogP) is 13.3. The topological polar surface area (TPSA) is 78.9 Å². The van der Waals surface area contributed by atoms with Gasteiger partial charge in [-0.3, -0.25) is 14.4 Å². The first-order valence-corrected chi connectivity index (χ1v) is 21.2. The van der Waals surface area contributed by atoms with E-state index in [2.05, 4.69) is 45.1 Å². The van der Waals surface area contributed by atoms with Gasteiger partial charge in [-0.15, -0.1) is 0 Å². The normalized spacial score (nSPS) is 12.9. The van der Waals surface area contributed by atoms with Crippen LogP contribution in [0.15, 0.2) is 85.1 Å². The zero-order valence-corrected chi connectivity index (χ0v) is 34.0. The minimum absolute atomic E-state index is 0.122. The first-order chi connectivity index (χ1) is 26.0. The number of hydrogen-bond acceptors (Lipinski definition) is 6. The van der Waals surface area contributed by atoms with E-state index in [9.17, 15) is 14.4 Å². The summed E-state index contributed by atoms with van der Waals surface area (Å²) in [6.07, 6.45) is 51.6. The van der Waals surface area contributed by atoms with Crippen LogP contribution in [0.1, 0.15) is 175 Å². The molecule has 0 saturated heterocycles. The third-order valence-electron chi connectivity index (χ3n) is 8.53. The number of ether oxygens (including phenoxy) is 3. The summed E-state index contributed by atoms with van der Waals surface area (Å²) in [5.41, 5.74) is 0. The van der Waals surface area contributed by atoms with Crippen LogP contribution >= 0.6 is 0 Å². The monoisotopic (exact) mass is 737 g/mol. The van der Waals surface area contributed by atoms with Gasteiger partial charge in [-0.2, -0.15) is 0 Å². The summed E-state index contributed by atoms with van der Waals surface area (Å²) in [5, 5.41) is 0. The largest absolute Gasteiger partial charge is 0.462 e. The zero-order valence-electron chi connectivity index (χ0n) is 34.0. The van der Waals surface area contributed by atoms with E-state index in [1.54, 1.807) is 0 Å². The maximum atomic E-state index is 12.6. The van der Waals surface area contributed by atoms with Crippen molar-refractivity contribution in [2.75, 3.05) is 13.2 Å². The first kappa shape index (κ1) is 49.6. The number of allylic oxidation sites excluding steroid dienone is 14. The van der Waals surface area contributed by atoms with E-state index in [0.29, 0.717) is 19.3 Å². The van der Waals surface area contributed by atoms with E-state index in [1.165, 1.54) is 77.0 Å². The Morgan fingerprint density at radius 1 is 0.415 bits per heavy atom. The van der Waals surface area contributed by atoms with Gasteiger partial charge in [0, 0.05) is 19.3 Å². The molecule has 300 valence electrons. The smallest absolute Gasteiger partial charge is 0.306 e. The second-order valence-corrected chi connectivity index (χ2v) is 13.6.